The largest absolute Gasteiger partial charge is 0.459 e. The Hall–Kier alpha value is -2.61. The number of nitrogens with one attached hydrogen (secondary N) is 1. The van der Waals surface area contributed by atoms with Crippen LogP contribution < -0.4 is 4.72 Å². The molecular weight excluding hydrogens is 392 g/mol. The van der Waals surface area contributed by atoms with Gasteiger partial charge in [-0.1, -0.05) is 45.0 Å². The summed E-state index contributed by atoms with van der Waals surface area (Å²) in [5.74, 6) is -1.19. The molecule has 1 N–H and O–H groups in total. The van der Waals surface area contributed by atoms with E-state index in [2.05, 4.69) is 4.72 Å². The standard InChI is InChI=1S/C21H26N2O5S/c1-21(2,3)10-12-29(26,27)22-19(24)17-13-15-7-4-5-8-16(15)14-23(17)20(25)18-9-6-11-28-18/h4-9,11,17H,10,12-14H2,1-3H3,(H,22,24). The van der Waals surface area contributed by atoms with E-state index in [1.54, 1.807) is 6.07 Å². The average Bonchev–Trinajstić information content (AvgIpc) is 3.19. The third-order valence-electron chi connectivity index (χ3n) is 4.92. The molecule has 2 amide bonds. The molecule has 0 saturated carbocycles. The van der Waals surface area contributed by atoms with E-state index in [1.165, 1.54) is 17.2 Å². The number of carbonyl (C=O) groups is 2. The Morgan fingerprint density at radius 3 is 2.45 bits per heavy atom. The molecular formula is C21H26N2O5S. The summed E-state index contributed by atoms with van der Waals surface area (Å²) in [6.45, 7) is 6.01. The third kappa shape index (κ3) is 5.26. The first-order valence-electron chi connectivity index (χ1n) is 9.51. The Balaban J connectivity index is 1.83. The maximum Gasteiger partial charge on any atom is 0.290 e. The first-order chi connectivity index (χ1) is 13.6. The van der Waals surface area contributed by atoms with E-state index in [0.717, 1.165) is 11.1 Å². The highest BCUT2D eigenvalue weighted by Gasteiger charge is 2.37. The molecule has 0 fully saturated rings. The molecule has 2 aromatic rings. The molecule has 1 aromatic heterocycles. The SMILES string of the molecule is CC(C)(C)CCS(=O)(=O)NC(=O)C1Cc2ccccc2CN1C(=O)c1ccco1. The maximum atomic E-state index is 12.9. The molecule has 0 radical (unpaired) electrons. The summed E-state index contributed by atoms with van der Waals surface area (Å²) < 4.78 is 32.2. The van der Waals surface area contributed by atoms with Crippen molar-refractivity contribution >= 4 is 21.8 Å². The topological polar surface area (TPSA) is 96.7 Å². The van der Waals surface area contributed by atoms with Crippen LogP contribution in [0.4, 0.5) is 0 Å². The van der Waals surface area contributed by atoms with Gasteiger partial charge in [0, 0.05) is 13.0 Å². The molecule has 3 rings (SSSR count). The Kier molecular flexibility index (Phi) is 5.84. The number of amides is 2. The van der Waals surface area contributed by atoms with Crippen molar-refractivity contribution in [3.8, 4) is 0 Å². The first kappa shape index (κ1) is 21.1. The van der Waals surface area contributed by atoms with E-state index in [-0.39, 0.29) is 29.9 Å². The second-order valence-corrected chi connectivity index (χ2v) is 10.3. The van der Waals surface area contributed by atoms with Crippen molar-refractivity contribution in [2.45, 2.75) is 46.2 Å². The molecule has 0 saturated heterocycles. The van der Waals surface area contributed by atoms with Gasteiger partial charge in [0.2, 0.25) is 10.0 Å². The van der Waals surface area contributed by atoms with Crippen LogP contribution in [0.1, 0.15) is 48.9 Å². The van der Waals surface area contributed by atoms with Crippen molar-refractivity contribution in [2.24, 2.45) is 5.41 Å². The molecule has 0 spiro atoms. The lowest BCUT2D eigenvalue weighted by Crippen LogP contribution is -2.53. The quantitative estimate of drug-likeness (QED) is 0.805. The van der Waals surface area contributed by atoms with Crippen molar-refractivity contribution in [3.63, 3.8) is 0 Å². The van der Waals surface area contributed by atoms with E-state index in [1.807, 2.05) is 45.0 Å². The van der Waals surface area contributed by atoms with Crippen LogP contribution in [-0.2, 0) is 27.8 Å². The Morgan fingerprint density at radius 2 is 1.83 bits per heavy atom. The number of fused-ring (bicyclic) bond motifs is 1. The molecule has 8 heteroatoms. The number of nitrogens with zero attached hydrogens (tertiary/aromatic N) is 1. The van der Waals surface area contributed by atoms with Crippen molar-refractivity contribution in [3.05, 3.63) is 59.5 Å². The molecule has 0 bridgehead atoms. The second kappa shape index (κ2) is 8.02. The third-order valence-corrected chi connectivity index (χ3v) is 6.17. The fourth-order valence-corrected chi connectivity index (χ4v) is 4.65. The summed E-state index contributed by atoms with van der Waals surface area (Å²) in [5.41, 5.74) is 1.67. The molecule has 2 heterocycles. The molecule has 0 aliphatic carbocycles. The maximum absolute atomic E-state index is 12.9. The van der Waals surface area contributed by atoms with Crippen molar-refractivity contribution < 1.29 is 22.4 Å². The highest BCUT2D eigenvalue weighted by Crippen LogP contribution is 2.26. The predicted molar refractivity (Wildman–Crippen MR) is 109 cm³/mol. The van der Waals surface area contributed by atoms with Crippen molar-refractivity contribution in [2.75, 3.05) is 5.75 Å². The fraction of sp³-hybridized carbons (Fsp3) is 0.429. The average molecular weight is 419 g/mol. The van der Waals surface area contributed by atoms with Crippen molar-refractivity contribution in [1.29, 1.82) is 0 Å². The zero-order valence-corrected chi connectivity index (χ0v) is 17.7. The minimum Gasteiger partial charge on any atom is -0.459 e. The number of benzene rings is 1. The van der Waals surface area contributed by atoms with Crippen molar-refractivity contribution in [1.82, 2.24) is 9.62 Å². The first-order valence-corrected chi connectivity index (χ1v) is 11.2. The van der Waals surface area contributed by atoms with E-state index >= 15 is 0 Å². The van der Waals surface area contributed by atoms with Gasteiger partial charge in [0.15, 0.2) is 5.76 Å². The van der Waals surface area contributed by atoms with Gasteiger partial charge in [-0.25, -0.2) is 8.42 Å². The van der Waals surface area contributed by atoms with Crippen LogP contribution in [0, 0.1) is 5.41 Å². The normalized spacial score (nSPS) is 16.9. The van der Waals surface area contributed by atoms with E-state index < -0.39 is 27.9 Å². The van der Waals surface area contributed by atoms with E-state index in [0.29, 0.717) is 6.42 Å². The van der Waals surface area contributed by atoms with Crippen LogP contribution in [0.5, 0.6) is 0 Å². The minimum atomic E-state index is -3.80. The molecule has 1 aliphatic heterocycles. The molecule has 1 aromatic carbocycles. The zero-order chi connectivity index (χ0) is 21.2. The van der Waals surface area contributed by atoms with Crippen LogP contribution in [0.2, 0.25) is 0 Å². The number of carbonyl (C=O) groups excluding carboxylic acids is 2. The smallest absolute Gasteiger partial charge is 0.290 e. The number of sulfonamides is 1. The molecule has 1 atom stereocenters. The number of furan rings is 1. The van der Waals surface area contributed by atoms with Gasteiger partial charge in [-0.3, -0.25) is 14.3 Å². The van der Waals surface area contributed by atoms with Gasteiger partial charge in [0.1, 0.15) is 6.04 Å². The number of rotatable bonds is 5. The second-order valence-electron chi connectivity index (χ2n) is 8.49. The van der Waals surface area contributed by atoms with E-state index in [9.17, 15) is 18.0 Å². The van der Waals surface area contributed by atoms with Crippen LogP contribution in [0.3, 0.4) is 0 Å². The highest BCUT2D eigenvalue weighted by molar-refractivity contribution is 7.90. The van der Waals surface area contributed by atoms with Gasteiger partial charge in [-0.2, -0.15) is 0 Å². The summed E-state index contributed by atoms with van der Waals surface area (Å²) in [5, 5.41) is 0. The fourth-order valence-electron chi connectivity index (χ4n) is 3.23. The van der Waals surface area contributed by atoms with Crippen LogP contribution in [0.15, 0.2) is 47.1 Å². The van der Waals surface area contributed by atoms with Crippen LogP contribution in [0.25, 0.3) is 0 Å². The van der Waals surface area contributed by atoms with Gasteiger partial charge in [-0.05, 0) is 35.1 Å². The zero-order valence-electron chi connectivity index (χ0n) is 16.8. The number of hydrogen-bond donors (Lipinski definition) is 1. The van der Waals surface area contributed by atoms with Crippen LogP contribution >= 0.6 is 0 Å². The number of hydrogen-bond acceptors (Lipinski definition) is 5. The van der Waals surface area contributed by atoms with E-state index in [4.69, 9.17) is 4.42 Å². The highest BCUT2D eigenvalue weighted by atomic mass is 32.2. The lowest BCUT2D eigenvalue weighted by molar-refractivity contribution is -0.124. The Morgan fingerprint density at radius 1 is 1.14 bits per heavy atom. The minimum absolute atomic E-state index is 0.109. The lowest BCUT2D eigenvalue weighted by atomic mass is 9.93. The lowest BCUT2D eigenvalue weighted by Gasteiger charge is -2.35. The van der Waals surface area contributed by atoms with Gasteiger partial charge in [0.25, 0.3) is 11.8 Å². The molecule has 156 valence electrons. The molecule has 1 unspecified atom stereocenters. The predicted octanol–water partition coefficient (Wildman–Crippen LogP) is 2.73. The summed E-state index contributed by atoms with van der Waals surface area (Å²) >= 11 is 0. The summed E-state index contributed by atoms with van der Waals surface area (Å²) in [7, 11) is -3.80. The van der Waals surface area contributed by atoms with Gasteiger partial charge >= 0.3 is 0 Å². The van der Waals surface area contributed by atoms with Crippen LogP contribution in [-0.4, -0.2) is 36.9 Å². The van der Waals surface area contributed by atoms with Gasteiger partial charge in [0.05, 0.1) is 12.0 Å². The Bertz CT molecular complexity index is 990. The van der Waals surface area contributed by atoms with Gasteiger partial charge < -0.3 is 9.32 Å². The Labute approximate surface area is 171 Å². The molecule has 1 aliphatic rings. The summed E-state index contributed by atoms with van der Waals surface area (Å²) in [6, 6.07) is 9.69. The summed E-state index contributed by atoms with van der Waals surface area (Å²) in [4.78, 5) is 27.2. The summed E-state index contributed by atoms with van der Waals surface area (Å²) in [6.07, 6.45) is 2.04. The molecule has 29 heavy (non-hydrogen) atoms. The van der Waals surface area contributed by atoms with Gasteiger partial charge in [-0.15, -0.1) is 0 Å². The monoisotopic (exact) mass is 418 g/mol. The molecule has 7 nitrogen and oxygen atoms in total.